The fourth-order valence-corrected chi connectivity index (χ4v) is 3.95. The molecule has 21 heavy (non-hydrogen) atoms. The molecular formula is C17H26ClNO2. The van der Waals surface area contributed by atoms with Crippen LogP contribution in [0.4, 0.5) is 0 Å². The summed E-state index contributed by atoms with van der Waals surface area (Å²) in [6.45, 7) is 0.778. The van der Waals surface area contributed by atoms with Crippen LogP contribution < -0.4 is 15.2 Å². The van der Waals surface area contributed by atoms with Crippen LogP contribution in [0.3, 0.4) is 0 Å². The number of halogens is 1. The first-order valence-corrected chi connectivity index (χ1v) is 8.13. The van der Waals surface area contributed by atoms with E-state index in [9.17, 15) is 0 Å². The average Bonchev–Trinajstić information content (AvgIpc) is 2.94. The highest BCUT2D eigenvalue weighted by Gasteiger charge is 2.32. The van der Waals surface area contributed by atoms with Crippen LogP contribution in [0, 0.1) is 5.41 Å². The predicted octanol–water partition coefficient (Wildman–Crippen LogP) is 4.20. The molecule has 2 rings (SSSR count). The summed E-state index contributed by atoms with van der Waals surface area (Å²) in [5, 5.41) is 0.566. The van der Waals surface area contributed by atoms with Crippen LogP contribution in [0.15, 0.2) is 12.1 Å². The van der Waals surface area contributed by atoms with Crippen LogP contribution in [0.25, 0.3) is 0 Å². The fraction of sp³-hybridized carbons (Fsp3) is 0.647. The van der Waals surface area contributed by atoms with Gasteiger partial charge in [-0.25, -0.2) is 0 Å². The SMILES string of the molecule is COc1ccc(CCC2(CCN)CCCC2)c(OC)c1Cl. The highest BCUT2D eigenvalue weighted by molar-refractivity contribution is 6.33. The Balaban J connectivity index is 2.14. The standard InChI is InChI=1S/C17H26ClNO2/c1-20-14-6-5-13(16(21-2)15(14)18)7-10-17(11-12-19)8-3-4-9-17/h5-6H,3-4,7-12,19H2,1-2H3. The van der Waals surface area contributed by atoms with E-state index in [2.05, 4.69) is 6.07 Å². The second-order valence-electron chi connectivity index (χ2n) is 6.02. The molecule has 0 heterocycles. The minimum atomic E-state index is 0.423. The van der Waals surface area contributed by atoms with Crippen molar-refractivity contribution in [1.82, 2.24) is 0 Å². The van der Waals surface area contributed by atoms with E-state index in [0.29, 0.717) is 16.2 Å². The van der Waals surface area contributed by atoms with Gasteiger partial charge < -0.3 is 15.2 Å². The number of rotatable bonds is 7. The Morgan fingerprint density at radius 3 is 2.43 bits per heavy atom. The van der Waals surface area contributed by atoms with Gasteiger partial charge in [0.1, 0.15) is 16.5 Å². The first kappa shape index (κ1) is 16.4. The molecule has 1 saturated carbocycles. The lowest BCUT2D eigenvalue weighted by atomic mass is 9.77. The molecule has 0 amide bonds. The molecule has 118 valence electrons. The molecule has 0 aliphatic heterocycles. The minimum Gasteiger partial charge on any atom is -0.495 e. The summed E-state index contributed by atoms with van der Waals surface area (Å²) >= 11 is 6.34. The molecule has 0 saturated heterocycles. The van der Waals surface area contributed by atoms with E-state index in [-0.39, 0.29) is 0 Å². The maximum atomic E-state index is 6.34. The van der Waals surface area contributed by atoms with E-state index >= 15 is 0 Å². The molecule has 1 fully saturated rings. The molecule has 0 radical (unpaired) electrons. The van der Waals surface area contributed by atoms with Crippen LogP contribution >= 0.6 is 11.6 Å². The second-order valence-corrected chi connectivity index (χ2v) is 6.40. The van der Waals surface area contributed by atoms with Gasteiger partial charge in [-0.3, -0.25) is 0 Å². The zero-order valence-corrected chi connectivity index (χ0v) is 13.8. The first-order chi connectivity index (χ1) is 10.2. The third-order valence-corrected chi connectivity index (χ3v) is 5.19. The van der Waals surface area contributed by atoms with Crippen molar-refractivity contribution in [2.24, 2.45) is 11.1 Å². The number of methoxy groups -OCH3 is 2. The Labute approximate surface area is 132 Å². The van der Waals surface area contributed by atoms with Gasteiger partial charge in [-0.1, -0.05) is 30.5 Å². The third-order valence-electron chi connectivity index (χ3n) is 4.83. The molecule has 0 spiro atoms. The fourth-order valence-electron chi connectivity index (χ4n) is 3.61. The van der Waals surface area contributed by atoms with Gasteiger partial charge >= 0.3 is 0 Å². The molecule has 1 aliphatic carbocycles. The molecule has 1 aromatic rings. The molecule has 4 heteroatoms. The number of ether oxygens (including phenoxy) is 2. The Morgan fingerprint density at radius 1 is 1.14 bits per heavy atom. The summed E-state index contributed by atoms with van der Waals surface area (Å²) in [5.74, 6) is 1.41. The molecular weight excluding hydrogens is 286 g/mol. The highest BCUT2D eigenvalue weighted by Crippen LogP contribution is 2.46. The van der Waals surface area contributed by atoms with Gasteiger partial charge in [-0.2, -0.15) is 0 Å². The van der Waals surface area contributed by atoms with Crippen molar-refractivity contribution >= 4 is 11.6 Å². The highest BCUT2D eigenvalue weighted by atomic mass is 35.5. The predicted molar refractivity (Wildman–Crippen MR) is 87.4 cm³/mol. The smallest absolute Gasteiger partial charge is 0.144 e. The van der Waals surface area contributed by atoms with Gasteiger partial charge in [0.25, 0.3) is 0 Å². The third kappa shape index (κ3) is 3.64. The van der Waals surface area contributed by atoms with E-state index in [1.54, 1.807) is 14.2 Å². The van der Waals surface area contributed by atoms with Crippen LogP contribution in [-0.4, -0.2) is 20.8 Å². The number of hydrogen-bond acceptors (Lipinski definition) is 3. The lowest BCUT2D eigenvalue weighted by Crippen LogP contribution is -2.22. The van der Waals surface area contributed by atoms with Gasteiger partial charge in [0, 0.05) is 0 Å². The van der Waals surface area contributed by atoms with E-state index in [4.69, 9.17) is 26.8 Å². The molecule has 1 aliphatic rings. The maximum absolute atomic E-state index is 6.34. The monoisotopic (exact) mass is 311 g/mol. The Kier molecular flexibility index (Phi) is 5.77. The summed E-state index contributed by atoms with van der Waals surface area (Å²) in [5.41, 5.74) is 7.40. The molecule has 3 nitrogen and oxygen atoms in total. The Morgan fingerprint density at radius 2 is 1.86 bits per heavy atom. The van der Waals surface area contributed by atoms with Crippen molar-refractivity contribution < 1.29 is 9.47 Å². The minimum absolute atomic E-state index is 0.423. The van der Waals surface area contributed by atoms with Gasteiger partial charge in [0.15, 0.2) is 0 Å². The van der Waals surface area contributed by atoms with Crippen molar-refractivity contribution in [3.8, 4) is 11.5 Å². The molecule has 0 aromatic heterocycles. The van der Waals surface area contributed by atoms with E-state index in [1.165, 1.54) is 25.7 Å². The molecule has 1 aromatic carbocycles. The van der Waals surface area contributed by atoms with Gasteiger partial charge in [0.05, 0.1) is 14.2 Å². The molecule has 0 unspecified atom stereocenters. The first-order valence-electron chi connectivity index (χ1n) is 7.75. The zero-order chi connectivity index (χ0) is 15.3. The van der Waals surface area contributed by atoms with E-state index < -0.39 is 0 Å². The Bertz CT molecular complexity index is 470. The molecule has 2 N–H and O–H groups in total. The van der Waals surface area contributed by atoms with E-state index in [0.717, 1.165) is 37.1 Å². The van der Waals surface area contributed by atoms with Crippen molar-refractivity contribution in [3.63, 3.8) is 0 Å². The summed E-state index contributed by atoms with van der Waals surface area (Å²) in [6.07, 6.45) is 8.53. The van der Waals surface area contributed by atoms with Crippen LogP contribution in [0.1, 0.15) is 44.1 Å². The Hall–Kier alpha value is -0.930. The number of aryl methyl sites for hydroxylation is 1. The van der Waals surface area contributed by atoms with Crippen molar-refractivity contribution in [2.75, 3.05) is 20.8 Å². The molecule has 0 bridgehead atoms. The number of benzene rings is 1. The zero-order valence-electron chi connectivity index (χ0n) is 13.1. The summed E-state index contributed by atoms with van der Waals surface area (Å²) in [6, 6.07) is 3.99. The van der Waals surface area contributed by atoms with Crippen molar-refractivity contribution in [2.45, 2.75) is 44.9 Å². The summed E-state index contributed by atoms with van der Waals surface area (Å²) in [4.78, 5) is 0. The van der Waals surface area contributed by atoms with Gasteiger partial charge in [-0.05, 0) is 55.7 Å². The van der Waals surface area contributed by atoms with E-state index in [1.807, 2.05) is 6.07 Å². The van der Waals surface area contributed by atoms with Crippen LogP contribution in [-0.2, 0) is 6.42 Å². The van der Waals surface area contributed by atoms with Gasteiger partial charge in [0.2, 0.25) is 0 Å². The second kappa shape index (κ2) is 7.37. The number of nitrogens with two attached hydrogens (primary N) is 1. The summed E-state index contributed by atoms with van der Waals surface area (Å²) < 4.78 is 10.7. The van der Waals surface area contributed by atoms with Crippen LogP contribution in [0.5, 0.6) is 11.5 Å². The average molecular weight is 312 g/mol. The lowest BCUT2D eigenvalue weighted by Gasteiger charge is -2.29. The van der Waals surface area contributed by atoms with Crippen LogP contribution in [0.2, 0.25) is 5.02 Å². The summed E-state index contributed by atoms with van der Waals surface area (Å²) in [7, 11) is 3.28. The maximum Gasteiger partial charge on any atom is 0.144 e. The molecule has 0 atom stereocenters. The normalized spacial score (nSPS) is 17.0. The van der Waals surface area contributed by atoms with Gasteiger partial charge in [-0.15, -0.1) is 0 Å². The number of hydrogen-bond donors (Lipinski definition) is 1. The van der Waals surface area contributed by atoms with Crippen molar-refractivity contribution in [3.05, 3.63) is 22.7 Å². The lowest BCUT2D eigenvalue weighted by molar-refractivity contribution is 0.252. The topological polar surface area (TPSA) is 44.5 Å². The largest absolute Gasteiger partial charge is 0.495 e. The van der Waals surface area contributed by atoms with Crippen molar-refractivity contribution in [1.29, 1.82) is 0 Å². The quantitative estimate of drug-likeness (QED) is 0.821.